The van der Waals surface area contributed by atoms with Crippen LogP contribution in [0, 0.1) is 0 Å². The Morgan fingerprint density at radius 2 is 1.94 bits per heavy atom. The van der Waals surface area contributed by atoms with Crippen molar-refractivity contribution < 1.29 is 24.1 Å². The minimum atomic E-state index is -0.749. The van der Waals surface area contributed by atoms with E-state index >= 15 is 0 Å². The zero-order chi connectivity index (χ0) is 12.8. The normalized spacial score (nSPS) is 45.9. The van der Waals surface area contributed by atoms with Gasteiger partial charge in [-0.15, -0.1) is 0 Å². The van der Waals surface area contributed by atoms with Crippen LogP contribution in [0.4, 0.5) is 0 Å². The molecule has 1 N–H and O–H groups in total. The van der Waals surface area contributed by atoms with Crippen molar-refractivity contribution in [3.05, 3.63) is 0 Å². The van der Waals surface area contributed by atoms with Gasteiger partial charge < -0.3 is 24.1 Å². The molecular formula is C12H22O5. The molecule has 0 aromatic carbocycles. The van der Waals surface area contributed by atoms with Gasteiger partial charge >= 0.3 is 0 Å². The van der Waals surface area contributed by atoms with Crippen LogP contribution in [0.5, 0.6) is 0 Å². The van der Waals surface area contributed by atoms with Gasteiger partial charge in [-0.2, -0.15) is 0 Å². The lowest BCUT2D eigenvalue weighted by Crippen LogP contribution is -2.52. The first-order valence-corrected chi connectivity index (χ1v) is 6.10. The molecule has 5 heteroatoms. The number of methoxy groups -OCH3 is 1. The topological polar surface area (TPSA) is 57.2 Å². The molecule has 0 spiro atoms. The molecule has 2 aliphatic heterocycles. The third-order valence-electron chi connectivity index (χ3n) is 3.72. The van der Waals surface area contributed by atoms with E-state index in [2.05, 4.69) is 0 Å². The van der Waals surface area contributed by atoms with E-state index in [1.54, 1.807) is 14.0 Å². The lowest BCUT2D eigenvalue weighted by Gasteiger charge is -2.37. The molecule has 0 radical (unpaired) electrons. The maximum atomic E-state index is 9.97. The molecule has 0 saturated carbocycles. The van der Waals surface area contributed by atoms with Crippen molar-refractivity contribution >= 4 is 0 Å². The van der Waals surface area contributed by atoms with E-state index in [1.165, 1.54) is 0 Å². The second-order valence-electron chi connectivity index (χ2n) is 5.23. The summed E-state index contributed by atoms with van der Waals surface area (Å²) in [4.78, 5) is 0. The van der Waals surface area contributed by atoms with Crippen molar-refractivity contribution in [3.63, 3.8) is 0 Å². The molecule has 0 aromatic heterocycles. The number of ether oxygens (including phenoxy) is 4. The predicted octanol–water partition coefficient (Wildman–Crippen LogP) is 1.04. The van der Waals surface area contributed by atoms with Crippen molar-refractivity contribution in [3.8, 4) is 0 Å². The van der Waals surface area contributed by atoms with Crippen molar-refractivity contribution in [2.24, 2.45) is 0 Å². The smallest absolute Gasteiger partial charge is 0.190 e. The van der Waals surface area contributed by atoms with Crippen LogP contribution in [0.15, 0.2) is 0 Å². The molecule has 0 aromatic rings. The highest BCUT2D eigenvalue weighted by Gasteiger charge is 2.63. The van der Waals surface area contributed by atoms with E-state index in [9.17, 15) is 5.11 Å². The number of hydrogen-bond donors (Lipinski definition) is 1. The molecule has 2 aliphatic rings. The quantitative estimate of drug-likeness (QED) is 0.806. The number of hydrogen-bond acceptors (Lipinski definition) is 5. The van der Waals surface area contributed by atoms with Crippen LogP contribution in [0.2, 0.25) is 0 Å². The van der Waals surface area contributed by atoms with E-state index in [0.29, 0.717) is 6.42 Å². The Kier molecular flexibility index (Phi) is 3.25. The van der Waals surface area contributed by atoms with E-state index in [1.807, 2.05) is 20.8 Å². The fourth-order valence-corrected chi connectivity index (χ4v) is 2.86. The van der Waals surface area contributed by atoms with Gasteiger partial charge in [0.25, 0.3) is 0 Å². The third-order valence-corrected chi connectivity index (χ3v) is 3.72. The first-order chi connectivity index (χ1) is 7.86. The van der Waals surface area contributed by atoms with Crippen LogP contribution in [0.1, 0.15) is 34.1 Å². The van der Waals surface area contributed by atoms with Gasteiger partial charge in [-0.25, -0.2) is 0 Å². The maximum Gasteiger partial charge on any atom is 0.190 e. The summed E-state index contributed by atoms with van der Waals surface area (Å²) in [5.74, 6) is -0.662. The number of rotatable bonds is 3. The van der Waals surface area contributed by atoms with Crippen LogP contribution in [-0.2, 0) is 18.9 Å². The zero-order valence-corrected chi connectivity index (χ0v) is 11.1. The maximum absolute atomic E-state index is 9.97. The minimum absolute atomic E-state index is 0.287. The lowest BCUT2D eigenvalue weighted by molar-refractivity contribution is -0.259. The summed E-state index contributed by atoms with van der Waals surface area (Å²) < 4.78 is 22.9. The van der Waals surface area contributed by atoms with E-state index in [-0.39, 0.29) is 12.2 Å². The highest BCUT2D eigenvalue weighted by Crippen LogP contribution is 2.46. The molecule has 5 nitrogen and oxygen atoms in total. The first-order valence-electron chi connectivity index (χ1n) is 6.10. The van der Waals surface area contributed by atoms with E-state index in [4.69, 9.17) is 18.9 Å². The number of aliphatic hydroxyl groups is 1. The summed E-state index contributed by atoms with van der Waals surface area (Å²) in [6.07, 6.45) is -1.07. The number of fused-ring (bicyclic) bond motifs is 1. The molecule has 2 heterocycles. The van der Waals surface area contributed by atoms with Gasteiger partial charge in [-0.3, -0.25) is 0 Å². The summed E-state index contributed by atoms with van der Waals surface area (Å²) in [7, 11) is 1.61. The molecule has 0 aliphatic carbocycles. The van der Waals surface area contributed by atoms with Crippen molar-refractivity contribution in [2.45, 2.75) is 70.1 Å². The summed E-state index contributed by atoms with van der Waals surface area (Å²) >= 11 is 0. The summed E-state index contributed by atoms with van der Waals surface area (Å²) in [5.41, 5.74) is -0.749. The molecule has 2 fully saturated rings. The average Bonchev–Trinajstić information content (AvgIpc) is 2.66. The number of aliphatic hydroxyl groups excluding tert-OH is 1. The fraction of sp³-hybridized carbons (Fsp3) is 1.00. The van der Waals surface area contributed by atoms with Crippen molar-refractivity contribution in [2.75, 3.05) is 7.11 Å². The van der Waals surface area contributed by atoms with Crippen molar-refractivity contribution in [1.29, 1.82) is 0 Å². The molecule has 100 valence electrons. The second kappa shape index (κ2) is 4.17. The first kappa shape index (κ1) is 13.2. The molecule has 2 rings (SSSR count). The molecule has 0 bridgehead atoms. The highest BCUT2D eigenvalue weighted by atomic mass is 16.8. The van der Waals surface area contributed by atoms with E-state index < -0.39 is 23.8 Å². The summed E-state index contributed by atoms with van der Waals surface area (Å²) in [5, 5.41) is 9.97. The van der Waals surface area contributed by atoms with Gasteiger partial charge in [-0.05, 0) is 27.2 Å². The highest BCUT2D eigenvalue weighted by molar-refractivity contribution is 5.06. The third kappa shape index (κ3) is 1.90. The Balaban J connectivity index is 2.26. The standard InChI is InChI=1S/C12H22O5/c1-6-12(7(2)13)9(14-5)8-10(17-12)16-11(3,4)15-8/h7-10,13H,6H2,1-5H3/t7-,8-,9+,10+,12+/m1/s1. The van der Waals surface area contributed by atoms with Crippen LogP contribution in [0.3, 0.4) is 0 Å². The monoisotopic (exact) mass is 246 g/mol. The van der Waals surface area contributed by atoms with Crippen LogP contribution >= 0.6 is 0 Å². The Bertz CT molecular complexity index is 291. The van der Waals surface area contributed by atoms with Gasteiger partial charge in [-0.1, -0.05) is 6.92 Å². The van der Waals surface area contributed by atoms with Crippen LogP contribution in [0.25, 0.3) is 0 Å². The fourth-order valence-electron chi connectivity index (χ4n) is 2.86. The molecule has 0 amide bonds. The molecule has 17 heavy (non-hydrogen) atoms. The van der Waals surface area contributed by atoms with Gasteiger partial charge in [0.2, 0.25) is 0 Å². The molecule has 2 saturated heterocycles. The van der Waals surface area contributed by atoms with Crippen LogP contribution in [-0.4, -0.2) is 48.2 Å². The minimum Gasteiger partial charge on any atom is -0.390 e. The summed E-state index contributed by atoms with van der Waals surface area (Å²) in [6, 6.07) is 0. The molecule has 0 unspecified atom stereocenters. The van der Waals surface area contributed by atoms with Crippen LogP contribution < -0.4 is 0 Å². The Morgan fingerprint density at radius 1 is 1.29 bits per heavy atom. The Morgan fingerprint density at radius 3 is 2.41 bits per heavy atom. The molecular weight excluding hydrogens is 224 g/mol. The largest absolute Gasteiger partial charge is 0.390 e. The second-order valence-corrected chi connectivity index (χ2v) is 5.23. The Hall–Kier alpha value is -0.200. The van der Waals surface area contributed by atoms with Gasteiger partial charge in [0.15, 0.2) is 12.1 Å². The van der Waals surface area contributed by atoms with Gasteiger partial charge in [0, 0.05) is 7.11 Å². The van der Waals surface area contributed by atoms with Gasteiger partial charge in [0.1, 0.15) is 17.8 Å². The summed E-state index contributed by atoms with van der Waals surface area (Å²) in [6.45, 7) is 7.36. The average molecular weight is 246 g/mol. The molecule has 5 atom stereocenters. The van der Waals surface area contributed by atoms with E-state index in [0.717, 1.165) is 0 Å². The zero-order valence-electron chi connectivity index (χ0n) is 11.1. The van der Waals surface area contributed by atoms with Crippen molar-refractivity contribution in [1.82, 2.24) is 0 Å². The SMILES string of the molecule is CC[C@@]1([C@@H](C)O)O[C@@H]2OC(C)(C)O[C@@H]2[C@@H]1OC. The van der Waals surface area contributed by atoms with Gasteiger partial charge in [0.05, 0.1) is 6.10 Å². The predicted molar refractivity (Wildman–Crippen MR) is 60.4 cm³/mol. The lowest BCUT2D eigenvalue weighted by atomic mass is 9.87. The Labute approximate surface area is 102 Å².